The van der Waals surface area contributed by atoms with Crippen LogP contribution in [0.4, 0.5) is 5.69 Å². The molecule has 0 saturated heterocycles. The van der Waals surface area contributed by atoms with Crippen LogP contribution in [0.1, 0.15) is 21.6 Å². The van der Waals surface area contributed by atoms with Gasteiger partial charge >= 0.3 is 0 Å². The van der Waals surface area contributed by atoms with Crippen molar-refractivity contribution in [2.45, 2.75) is 13.5 Å². The van der Waals surface area contributed by atoms with Crippen molar-refractivity contribution < 1.29 is 9.53 Å². The van der Waals surface area contributed by atoms with Crippen LogP contribution < -0.4 is 15.8 Å². The molecule has 1 aromatic carbocycles. The van der Waals surface area contributed by atoms with Gasteiger partial charge in [-0.25, -0.2) is 0 Å². The predicted molar refractivity (Wildman–Crippen MR) is 76.5 cm³/mol. The maximum atomic E-state index is 12.2. The monoisotopic (exact) mass is 274 g/mol. The van der Waals surface area contributed by atoms with Gasteiger partial charge in [0.2, 0.25) is 0 Å². The highest BCUT2D eigenvalue weighted by atomic mass is 16.5. The van der Waals surface area contributed by atoms with Crippen LogP contribution >= 0.6 is 0 Å². The quantitative estimate of drug-likeness (QED) is 0.822. The zero-order valence-corrected chi connectivity index (χ0v) is 11.8. The van der Waals surface area contributed by atoms with Gasteiger partial charge in [0.15, 0.2) is 5.75 Å². The average molecular weight is 274 g/mol. The number of para-hydroxylation sites is 1. The average Bonchev–Trinajstić information content (AvgIpc) is 2.74. The number of carbonyl (C=O) groups is 1. The van der Waals surface area contributed by atoms with Crippen molar-refractivity contribution in [3.8, 4) is 5.75 Å². The van der Waals surface area contributed by atoms with Gasteiger partial charge in [0.1, 0.15) is 0 Å². The zero-order chi connectivity index (χ0) is 14.7. The van der Waals surface area contributed by atoms with Crippen LogP contribution in [0.3, 0.4) is 0 Å². The minimum absolute atomic E-state index is 0.225. The molecule has 0 aliphatic rings. The van der Waals surface area contributed by atoms with E-state index in [-0.39, 0.29) is 5.91 Å². The van der Waals surface area contributed by atoms with E-state index < -0.39 is 0 Å². The van der Waals surface area contributed by atoms with Gasteiger partial charge in [0, 0.05) is 25.4 Å². The summed E-state index contributed by atoms with van der Waals surface area (Å²) >= 11 is 0. The van der Waals surface area contributed by atoms with E-state index in [2.05, 4.69) is 10.4 Å². The molecule has 2 rings (SSSR count). The second kappa shape index (κ2) is 5.64. The van der Waals surface area contributed by atoms with Crippen LogP contribution in [0, 0.1) is 6.92 Å². The molecule has 0 spiro atoms. The molecular weight excluding hydrogens is 256 g/mol. The maximum absolute atomic E-state index is 12.2. The van der Waals surface area contributed by atoms with Crippen LogP contribution in [0.25, 0.3) is 0 Å². The van der Waals surface area contributed by atoms with Crippen LogP contribution in [0.2, 0.25) is 0 Å². The number of ether oxygens (including phenoxy) is 1. The molecule has 0 aliphatic heterocycles. The van der Waals surface area contributed by atoms with Crippen molar-refractivity contribution in [1.82, 2.24) is 15.1 Å². The third-order valence-electron chi connectivity index (χ3n) is 3.05. The zero-order valence-electron chi connectivity index (χ0n) is 11.8. The third-order valence-corrected chi connectivity index (χ3v) is 3.05. The van der Waals surface area contributed by atoms with Gasteiger partial charge in [0.05, 0.1) is 24.1 Å². The Balaban J connectivity index is 2.13. The number of amides is 1. The number of aryl methyl sites for hydroxylation is 2. The number of carbonyl (C=O) groups excluding carboxylic acids is 1. The summed E-state index contributed by atoms with van der Waals surface area (Å²) < 4.78 is 6.89. The lowest BCUT2D eigenvalue weighted by molar-refractivity contribution is 0.0948. The summed E-state index contributed by atoms with van der Waals surface area (Å²) in [5.41, 5.74) is 8.52. The molecule has 0 unspecified atom stereocenters. The Hall–Kier alpha value is -2.50. The number of methoxy groups -OCH3 is 1. The van der Waals surface area contributed by atoms with E-state index in [0.717, 1.165) is 11.3 Å². The minimum Gasteiger partial charge on any atom is -0.494 e. The number of nitrogens with one attached hydrogen (secondary N) is 1. The van der Waals surface area contributed by atoms with E-state index >= 15 is 0 Å². The van der Waals surface area contributed by atoms with Gasteiger partial charge in [0.25, 0.3) is 5.91 Å². The van der Waals surface area contributed by atoms with Crippen LogP contribution in [-0.4, -0.2) is 22.8 Å². The molecule has 0 bridgehead atoms. The first-order valence-electron chi connectivity index (χ1n) is 6.22. The van der Waals surface area contributed by atoms with Crippen molar-refractivity contribution in [2.75, 3.05) is 12.8 Å². The summed E-state index contributed by atoms with van der Waals surface area (Å²) in [5.74, 6) is 0.172. The summed E-state index contributed by atoms with van der Waals surface area (Å²) in [6, 6.07) is 5.10. The minimum atomic E-state index is -0.225. The van der Waals surface area contributed by atoms with Gasteiger partial charge < -0.3 is 15.8 Å². The smallest absolute Gasteiger partial charge is 0.255 e. The highest BCUT2D eigenvalue weighted by Gasteiger charge is 2.14. The number of nitrogen functional groups attached to an aromatic ring is 1. The Morgan fingerprint density at radius 1 is 1.50 bits per heavy atom. The topological polar surface area (TPSA) is 82.2 Å². The first-order chi connectivity index (χ1) is 9.52. The highest BCUT2D eigenvalue weighted by Crippen LogP contribution is 2.25. The maximum Gasteiger partial charge on any atom is 0.255 e. The molecule has 20 heavy (non-hydrogen) atoms. The number of nitrogens with two attached hydrogens (primary N) is 1. The summed E-state index contributed by atoms with van der Waals surface area (Å²) in [7, 11) is 3.34. The molecule has 6 heteroatoms. The normalized spacial score (nSPS) is 10.3. The van der Waals surface area contributed by atoms with Crippen molar-refractivity contribution in [3.05, 3.63) is 41.2 Å². The van der Waals surface area contributed by atoms with Crippen LogP contribution in [0.15, 0.2) is 24.4 Å². The molecule has 0 saturated carbocycles. The number of benzene rings is 1. The van der Waals surface area contributed by atoms with E-state index in [1.165, 1.54) is 7.11 Å². The summed E-state index contributed by atoms with van der Waals surface area (Å²) in [6.07, 6.45) is 1.88. The summed E-state index contributed by atoms with van der Waals surface area (Å²) in [6.45, 7) is 2.32. The molecule has 2 aromatic rings. The fourth-order valence-corrected chi connectivity index (χ4v) is 2.05. The van der Waals surface area contributed by atoms with Gasteiger partial charge in [-0.2, -0.15) is 5.10 Å². The molecule has 1 amide bonds. The lowest BCUT2D eigenvalue weighted by Crippen LogP contribution is -2.23. The Morgan fingerprint density at radius 2 is 2.25 bits per heavy atom. The number of rotatable bonds is 4. The van der Waals surface area contributed by atoms with E-state index in [1.807, 2.05) is 20.2 Å². The molecule has 3 N–H and O–H groups in total. The summed E-state index contributed by atoms with van der Waals surface area (Å²) in [4.78, 5) is 12.2. The first-order valence-corrected chi connectivity index (χ1v) is 6.22. The third kappa shape index (κ3) is 2.74. The van der Waals surface area contributed by atoms with Crippen molar-refractivity contribution in [3.63, 3.8) is 0 Å². The Morgan fingerprint density at radius 3 is 2.85 bits per heavy atom. The number of anilines is 1. The highest BCUT2D eigenvalue weighted by molar-refractivity contribution is 5.98. The van der Waals surface area contributed by atoms with Crippen molar-refractivity contribution >= 4 is 11.6 Å². The number of hydrogen-bond acceptors (Lipinski definition) is 4. The first kappa shape index (κ1) is 13.9. The fraction of sp³-hybridized carbons (Fsp3) is 0.286. The number of hydrogen-bond donors (Lipinski definition) is 2. The van der Waals surface area contributed by atoms with Gasteiger partial charge in [-0.3, -0.25) is 9.48 Å². The summed E-state index contributed by atoms with van der Waals surface area (Å²) in [5, 5.41) is 7.07. The van der Waals surface area contributed by atoms with E-state index in [0.29, 0.717) is 23.5 Å². The number of aromatic nitrogens is 2. The fourth-order valence-electron chi connectivity index (χ4n) is 2.05. The molecule has 0 aliphatic carbocycles. The second-order valence-electron chi connectivity index (χ2n) is 4.52. The predicted octanol–water partition coefficient (Wildman–Crippen LogP) is 1.25. The van der Waals surface area contributed by atoms with Crippen LogP contribution in [-0.2, 0) is 13.6 Å². The molecule has 6 nitrogen and oxygen atoms in total. The van der Waals surface area contributed by atoms with Crippen LogP contribution in [0.5, 0.6) is 5.75 Å². The van der Waals surface area contributed by atoms with Crippen molar-refractivity contribution in [2.24, 2.45) is 7.05 Å². The molecule has 0 radical (unpaired) electrons. The second-order valence-corrected chi connectivity index (χ2v) is 4.52. The van der Waals surface area contributed by atoms with E-state index in [4.69, 9.17) is 10.5 Å². The Kier molecular flexibility index (Phi) is 3.93. The van der Waals surface area contributed by atoms with Crippen molar-refractivity contribution in [1.29, 1.82) is 0 Å². The molecule has 1 aromatic heterocycles. The van der Waals surface area contributed by atoms with E-state index in [1.54, 1.807) is 22.9 Å². The Labute approximate surface area is 117 Å². The SMILES string of the molecule is COc1c(N)cccc1C(=O)NCc1cn(C)nc1C. The van der Waals surface area contributed by atoms with Gasteiger partial charge in [-0.15, -0.1) is 0 Å². The molecule has 1 heterocycles. The lowest BCUT2D eigenvalue weighted by Gasteiger charge is -2.11. The largest absolute Gasteiger partial charge is 0.494 e. The number of nitrogens with zero attached hydrogens (tertiary/aromatic N) is 2. The molecule has 106 valence electrons. The Bertz CT molecular complexity index is 634. The molecular formula is C14H18N4O2. The van der Waals surface area contributed by atoms with Gasteiger partial charge in [-0.1, -0.05) is 6.07 Å². The van der Waals surface area contributed by atoms with Gasteiger partial charge in [-0.05, 0) is 19.1 Å². The molecule has 0 fully saturated rings. The molecule has 0 atom stereocenters. The lowest BCUT2D eigenvalue weighted by atomic mass is 10.1. The van der Waals surface area contributed by atoms with E-state index in [9.17, 15) is 4.79 Å². The standard InChI is InChI=1S/C14H18N4O2/c1-9-10(8-18(2)17-9)7-16-14(19)11-5-4-6-12(15)13(11)20-3/h4-6,8H,7,15H2,1-3H3,(H,16,19).